The summed E-state index contributed by atoms with van der Waals surface area (Å²) in [6.07, 6.45) is 0. The number of rotatable bonds is 5. The molecule has 0 saturated heterocycles. The molecule has 0 fully saturated rings. The highest BCUT2D eigenvalue weighted by atomic mass is 35.5. The number of hydrogen-bond acceptors (Lipinski definition) is 3. The number of amides is 1. The molecule has 140 valence electrons. The lowest BCUT2D eigenvalue weighted by atomic mass is 10.2. The van der Waals surface area contributed by atoms with Crippen LogP contribution in [-0.2, 0) is 17.8 Å². The number of imidazole rings is 1. The van der Waals surface area contributed by atoms with Gasteiger partial charge in [-0.25, -0.2) is 4.98 Å². The lowest BCUT2D eigenvalue weighted by Crippen LogP contribution is -3.12. The number of nitrogens with zero attached hydrogens (tertiary/aromatic N) is 2. The van der Waals surface area contributed by atoms with Crippen molar-refractivity contribution in [3.05, 3.63) is 58.9 Å². The molecule has 2 N–H and O–H groups in total. The molecule has 1 aromatic heterocycles. The smallest absolute Gasteiger partial charge is 0.257 e. The van der Waals surface area contributed by atoms with E-state index >= 15 is 0 Å². The van der Waals surface area contributed by atoms with Gasteiger partial charge in [-0.2, -0.15) is 0 Å². The Morgan fingerprint density at radius 1 is 1.33 bits per heavy atom. The molecule has 1 aliphatic rings. The van der Waals surface area contributed by atoms with Gasteiger partial charge in [0.2, 0.25) is 0 Å². The second-order valence-electron chi connectivity index (χ2n) is 6.74. The van der Waals surface area contributed by atoms with Gasteiger partial charge < -0.3 is 19.5 Å². The van der Waals surface area contributed by atoms with E-state index in [9.17, 15) is 4.79 Å². The third kappa shape index (κ3) is 3.69. The van der Waals surface area contributed by atoms with E-state index in [0.29, 0.717) is 16.3 Å². The first-order valence-corrected chi connectivity index (χ1v) is 9.41. The van der Waals surface area contributed by atoms with Crippen LogP contribution < -0.4 is 10.2 Å². The Kier molecular flexibility index (Phi) is 5.11. The van der Waals surface area contributed by atoms with Crippen LogP contribution >= 0.6 is 11.6 Å². The Bertz CT molecular complexity index is 985. The van der Waals surface area contributed by atoms with Crippen LogP contribution in [-0.4, -0.2) is 42.3 Å². The standard InChI is InChI=1S/C20H21ClN4O2/c1-27-11-10-24-8-9-25-18-7-6-14(12-17(18)23-19(25)13-24)22-20(26)15-4-2-3-5-16(15)21/h2-7,12H,8-11,13H2,1H3,(H,22,26)/p+1. The predicted molar refractivity (Wildman–Crippen MR) is 105 cm³/mol. The van der Waals surface area contributed by atoms with E-state index in [1.807, 2.05) is 18.2 Å². The van der Waals surface area contributed by atoms with Crippen molar-refractivity contribution in [2.24, 2.45) is 0 Å². The number of anilines is 1. The molecular weight excluding hydrogens is 364 g/mol. The molecule has 2 aromatic carbocycles. The van der Waals surface area contributed by atoms with Gasteiger partial charge in [0, 0.05) is 12.8 Å². The van der Waals surface area contributed by atoms with Gasteiger partial charge in [0.1, 0.15) is 13.1 Å². The molecule has 4 rings (SSSR count). The number of carbonyl (C=O) groups excluding carboxylic acids is 1. The first-order valence-electron chi connectivity index (χ1n) is 9.03. The second kappa shape index (κ2) is 7.68. The molecule has 1 unspecified atom stereocenters. The van der Waals surface area contributed by atoms with Gasteiger partial charge in [0.15, 0.2) is 5.82 Å². The minimum Gasteiger partial charge on any atom is -0.379 e. The normalized spacial score (nSPS) is 16.3. The quantitative estimate of drug-likeness (QED) is 0.706. The molecule has 0 radical (unpaired) electrons. The number of benzene rings is 2. The van der Waals surface area contributed by atoms with E-state index in [1.54, 1.807) is 31.4 Å². The number of halogens is 1. The average Bonchev–Trinajstić information content (AvgIpc) is 3.03. The molecule has 3 aromatic rings. The molecule has 1 atom stereocenters. The van der Waals surface area contributed by atoms with Gasteiger partial charge in [-0.3, -0.25) is 4.79 Å². The van der Waals surface area contributed by atoms with E-state index in [4.69, 9.17) is 21.3 Å². The van der Waals surface area contributed by atoms with Gasteiger partial charge in [0.05, 0.1) is 41.3 Å². The van der Waals surface area contributed by atoms with E-state index in [-0.39, 0.29) is 5.91 Å². The number of methoxy groups -OCH3 is 1. The van der Waals surface area contributed by atoms with E-state index in [1.165, 1.54) is 4.90 Å². The van der Waals surface area contributed by atoms with Crippen molar-refractivity contribution in [1.82, 2.24) is 9.55 Å². The van der Waals surface area contributed by atoms with Crippen LogP contribution in [0.25, 0.3) is 11.0 Å². The summed E-state index contributed by atoms with van der Waals surface area (Å²) >= 11 is 6.11. The third-order valence-electron chi connectivity index (χ3n) is 4.96. The minimum absolute atomic E-state index is 0.223. The van der Waals surface area contributed by atoms with Crippen molar-refractivity contribution < 1.29 is 14.4 Å². The number of ether oxygens (including phenoxy) is 1. The fourth-order valence-electron chi connectivity index (χ4n) is 3.53. The molecule has 0 aliphatic carbocycles. The summed E-state index contributed by atoms with van der Waals surface area (Å²) in [5, 5.41) is 3.35. The summed E-state index contributed by atoms with van der Waals surface area (Å²) in [5.74, 6) is 0.857. The summed E-state index contributed by atoms with van der Waals surface area (Å²) in [5.41, 5.74) is 3.17. The number of nitrogens with one attached hydrogen (secondary N) is 2. The predicted octanol–water partition coefficient (Wildman–Crippen LogP) is 1.99. The fraction of sp³-hybridized carbons (Fsp3) is 0.300. The largest absolute Gasteiger partial charge is 0.379 e. The maximum absolute atomic E-state index is 12.5. The Labute approximate surface area is 162 Å². The highest BCUT2D eigenvalue weighted by Gasteiger charge is 2.23. The van der Waals surface area contributed by atoms with E-state index in [2.05, 4.69) is 9.88 Å². The molecule has 0 saturated carbocycles. The van der Waals surface area contributed by atoms with Gasteiger partial charge in [-0.1, -0.05) is 23.7 Å². The molecule has 7 heteroatoms. The molecule has 27 heavy (non-hydrogen) atoms. The van der Waals surface area contributed by atoms with Crippen LogP contribution in [0.2, 0.25) is 5.02 Å². The summed E-state index contributed by atoms with van der Waals surface area (Å²) in [6, 6.07) is 12.9. The molecule has 0 spiro atoms. The van der Waals surface area contributed by atoms with Gasteiger partial charge >= 0.3 is 0 Å². The zero-order valence-corrected chi connectivity index (χ0v) is 15.9. The Hall–Kier alpha value is -2.41. The maximum Gasteiger partial charge on any atom is 0.257 e. The highest BCUT2D eigenvalue weighted by Crippen LogP contribution is 2.23. The Morgan fingerprint density at radius 3 is 3.00 bits per heavy atom. The van der Waals surface area contributed by atoms with Crippen molar-refractivity contribution >= 4 is 34.2 Å². The summed E-state index contributed by atoms with van der Waals surface area (Å²) in [6.45, 7) is 4.63. The number of carbonyl (C=O) groups is 1. The zero-order valence-electron chi connectivity index (χ0n) is 15.2. The van der Waals surface area contributed by atoms with Crippen molar-refractivity contribution in [3.8, 4) is 0 Å². The van der Waals surface area contributed by atoms with Crippen LogP contribution in [0.5, 0.6) is 0 Å². The number of quaternary nitrogens is 1. The van der Waals surface area contributed by atoms with Crippen molar-refractivity contribution in [2.45, 2.75) is 13.1 Å². The Morgan fingerprint density at radius 2 is 2.19 bits per heavy atom. The molecule has 1 aliphatic heterocycles. The highest BCUT2D eigenvalue weighted by molar-refractivity contribution is 6.34. The van der Waals surface area contributed by atoms with E-state index < -0.39 is 0 Å². The minimum atomic E-state index is -0.223. The topological polar surface area (TPSA) is 60.6 Å². The van der Waals surface area contributed by atoms with Crippen molar-refractivity contribution in [2.75, 3.05) is 32.1 Å². The van der Waals surface area contributed by atoms with Crippen molar-refractivity contribution in [3.63, 3.8) is 0 Å². The first kappa shape index (κ1) is 18.0. The van der Waals surface area contributed by atoms with Gasteiger partial charge in [0.25, 0.3) is 5.91 Å². The monoisotopic (exact) mass is 385 g/mol. The molecule has 2 heterocycles. The summed E-state index contributed by atoms with van der Waals surface area (Å²) in [7, 11) is 1.73. The van der Waals surface area contributed by atoms with Gasteiger partial charge in [-0.15, -0.1) is 0 Å². The van der Waals surface area contributed by atoms with Crippen LogP contribution in [0, 0.1) is 0 Å². The molecule has 1 amide bonds. The van der Waals surface area contributed by atoms with Crippen LogP contribution in [0.3, 0.4) is 0 Å². The van der Waals surface area contributed by atoms with E-state index in [0.717, 1.165) is 49.6 Å². The van der Waals surface area contributed by atoms with Crippen LogP contribution in [0.1, 0.15) is 16.2 Å². The number of hydrogen-bond donors (Lipinski definition) is 2. The Balaban J connectivity index is 1.55. The maximum atomic E-state index is 12.5. The van der Waals surface area contributed by atoms with Crippen LogP contribution in [0.4, 0.5) is 5.69 Å². The molecule has 6 nitrogen and oxygen atoms in total. The lowest BCUT2D eigenvalue weighted by Gasteiger charge is -2.24. The second-order valence-corrected chi connectivity index (χ2v) is 7.14. The molecular formula is C20H22ClN4O2+. The average molecular weight is 386 g/mol. The van der Waals surface area contributed by atoms with Crippen LogP contribution in [0.15, 0.2) is 42.5 Å². The summed E-state index contributed by atoms with van der Waals surface area (Å²) in [4.78, 5) is 18.7. The molecule has 0 bridgehead atoms. The van der Waals surface area contributed by atoms with Crippen molar-refractivity contribution in [1.29, 1.82) is 0 Å². The fourth-order valence-corrected chi connectivity index (χ4v) is 3.75. The number of aromatic nitrogens is 2. The summed E-state index contributed by atoms with van der Waals surface area (Å²) < 4.78 is 7.46. The van der Waals surface area contributed by atoms with Gasteiger partial charge in [-0.05, 0) is 30.3 Å². The lowest BCUT2D eigenvalue weighted by molar-refractivity contribution is -0.918. The zero-order chi connectivity index (χ0) is 18.8. The SMILES string of the molecule is COCC[NH+]1CCn2c(nc3cc(NC(=O)c4ccccc4Cl)ccc32)C1. The third-order valence-corrected chi connectivity index (χ3v) is 5.29. The number of fused-ring (bicyclic) bond motifs is 3. The first-order chi connectivity index (χ1) is 13.2.